The van der Waals surface area contributed by atoms with Crippen LogP contribution in [0.4, 0.5) is 0 Å². The Bertz CT molecular complexity index is 1080. The molecule has 1 N–H and O–H groups in total. The molecule has 0 radical (unpaired) electrons. The van der Waals surface area contributed by atoms with Crippen LogP contribution in [0.2, 0.25) is 0 Å². The molecule has 128 valence electrons. The van der Waals surface area contributed by atoms with Crippen LogP contribution in [0.5, 0.6) is 0 Å². The molecule has 25 heavy (non-hydrogen) atoms. The van der Waals surface area contributed by atoms with Gasteiger partial charge in [-0.15, -0.1) is 0 Å². The third kappa shape index (κ3) is 3.07. The first-order valence-electron chi connectivity index (χ1n) is 8.65. The molecule has 0 fully saturated rings. The molecule has 4 aromatic rings. The van der Waals surface area contributed by atoms with E-state index in [9.17, 15) is 4.79 Å². The van der Waals surface area contributed by atoms with Gasteiger partial charge in [0.15, 0.2) is 0 Å². The number of aromatic nitrogens is 3. The molecule has 0 saturated heterocycles. The smallest absolute Gasteiger partial charge is 0.275 e. The third-order valence-electron chi connectivity index (χ3n) is 4.20. The summed E-state index contributed by atoms with van der Waals surface area (Å²) >= 11 is 0. The molecule has 4 heteroatoms. The number of H-pyrrole nitrogens is 1. The van der Waals surface area contributed by atoms with E-state index in [1.165, 1.54) is 0 Å². The van der Waals surface area contributed by atoms with Crippen molar-refractivity contribution >= 4 is 21.9 Å². The fourth-order valence-corrected chi connectivity index (χ4v) is 3.14. The number of nitrogens with zero attached hydrogens (tertiary/aromatic N) is 2. The number of aryl methyl sites for hydroxylation is 2. The van der Waals surface area contributed by atoms with E-state index >= 15 is 0 Å². The van der Waals surface area contributed by atoms with Crippen molar-refractivity contribution < 1.29 is 0 Å². The van der Waals surface area contributed by atoms with Gasteiger partial charge >= 0.3 is 0 Å². The van der Waals surface area contributed by atoms with Gasteiger partial charge in [0.1, 0.15) is 11.2 Å². The summed E-state index contributed by atoms with van der Waals surface area (Å²) in [4.78, 5) is 20.4. The van der Waals surface area contributed by atoms with E-state index in [0.717, 1.165) is 33.1 Å². The van der Waals surface area contributed by atoms with Crippen molar-refractivity contribution in [2.45, 2.75) is 34.2 Å². The second-order valence-corrected chi connectivity index (χ2v) is 6.01. The number of hydrogen-bond acceptors (Lipinski definition) is 2. The zero-order valence-electron chi connectivity index (χ0n) is 15.1. The molecule has 4 rings (SSSR count). The normalized spacial score (nSPS) is 10.7. The largest absolute Gasteiger partial charge is 0.335 e. The summed E-state index contributed by atoms with van der Waals surface area (Å²) in [5.41, 5.74) is 4.67. The SMILES string of the molecule is CC.Cc1cnc2[nH]c3c(=O)n(Cc4ccccc4)cc(C)c3c2c1. The lowest BCUT2D eigenvalue weighted by Crippen LogP contribution is -2.21. The minimum atomic E-state index is -0.00916. The maximum absolute atomic E-state index is 12.8. The van der Waals surface area contributed by atoms with Crippen molar-refractivity contribution in [2.75, 3.05) is 0 Å². The van der Waals surface area contributed by atoms with Gasteiger partial charge < -0.3 is 9.55 Å². The molecule has 0 unspecified atom stereocenters. The average molecular weight is 333 g/mol. The number of nitrogens with one attached hydrogen (secondary N) is 1. The van der Waals surface area contributed by atoms with Gasteiger partial charge in [-0.05, 0) is 36.6 Å². The maximum atomic E-state index is 12.8. The first-order chi connectivity index (χ1) is 12.1. The number of aromatic amines is 1. The van der Waals surface area contributed by atoms with E-state index in [1.807, 2.05) is 70.4 Å². The molecular weight excluding hydrogens is 310 g/mol. The summed E-state index contributed by atoms with van der Waals surface area (Å²) in [6.45, 7) is 8.62. The van der Waals surface area contributed by atoms with Crippen LogP contribution in [-0.4, -0.2) is 14.5 Å². The molecule has 0 spiro atoms. The van der Waals surface area contributed by atoms with Crippen molar-refractivity contribution in [3.63, 3.8) is 0 Å². The van der Waals surface area contributed by atoms with E-state index in [-0.39, 0.29) is 5.56 Å². The zero-order chi connectivity index (χ0) is 18.0. The summed E-state index contributed by atoms with van der Waals surface area (Å²) in [6, 6.07) is 12.1. The number of pyridine rings is 2. The molecule has 0 aliphatic carbocycles. The van der Waals surface area contributed by atoms with Crippen molar-refractivity contribution in [2.24, 2.45) is 0 Å². The highest BCUT2D eigenvalue weighted by molar-refractivity contribution is 6.07. The Morgan fingerprint density at radius 2 is 1.84 bits per heavy atom. The van der Waals surface area contributed by atoms with Crippen molar-refractivity contribution in [1.29, 1.82) is 0 Å². The summed E-state index contributed by atoms with van der Waals surface area (Å²) < 4.78 is 1.76. The van der Waals surface area contributed by atoms with E-state index in [2.05, 4.69) is 16.0 Å². The molecule has 3 aromatic heterocycles. The van der Waals surface area contributed by atoms with Crippen molar-refractivity contribution in [3.8, 4) is 0 Å². The Hall–Kier alpha value is -2.88. The van der Waals surface area contributed by atoms with Crippen LogP contribution in [0.15, 0.2) is 53.6 Å². The van der Waals surface area contributed by atoms with E-state index in [4.69, 9.17) is 0 Å². The molecule has 0 aliphatic heterocycles. The fourth-order valence-electron chi connectivity index (χ4n) is 3.14. The van der Waals surface area contributed by atoms with Gasteiger partial charge in [-0.3, -0.25) is 4.79 Å². The quantitative estimate of drug-likeness (QED) is 0.584. The van der Waals surface area contributed by atoms with E-state index in [1.54, 1.807) is 4.57 Å². The standard InChI is InChI=1S/C19H17N3O.C2H6/c1-12-8-15-16-13(2)10-22(11-14-6-4-3-5-7-14)19(23)17(16)21-18(15)20-9-12;1-2/h3-10H,11H2,1-2H3,(H,20,21);1-2H3. The lowest BCUT2D eigenvalue weighted by Gasteiger charge is -2.08. The van der Waals surface area contributed by atoms with Crippen LogP contribution in [0.3, 0.4) is 0 Å². The van der Waals surface area contributed by atoms with Crippen LogP contribution >= 0.6 is 0 Å². The van der Waals surface area contributed by atoms with Gasteiger partial charge in [0.2, 0.25) is 0 Å². The second kappa shape index (κ2) is 6.93. The highest BCUT2D eigenvalue weighted by atomic mass is 16.1. The maximum Gasteiger partial charge on any atom is 0.275 e. The highest BCUT2D eigenvalue weighted by Crippen LogP contribution is 2.25. The Balaban J connectivity index is 0.000000880. The minimum Gasteiger partial charge on any atom is -0.335 e. The topological polar surface area (TPSA) is 50.7 Å². The average Bonchev–Trinajstić information content (AvgIpc) is 3.01. The summed E-state index contributed by atoms with van der Waals surface area (Å²) in [7, 11) is 0. The number of fused-ring (bicyclic) bond motifs is 3. The Labute approximate surface area is 147 Å². The van der Waals surface area contributed by atoms with Gasteiger partial charge in [0.05, 0.1) is 6.54 Å². The van der Waals surface area contributed by atoms with E-state index in [0.29, 0.717) is 12.1 Å². The highest BCUT2D eigenvalue weighted by Gasteiger charge is 2.13. The van der Waals surface area contributed by atoms with Gasteiger partial charge in [-0.1, -0.05) is 44.2 Å². The molecule has 0 aliphatic rings. The van der Waals surface area contributed by atoms with Crippen molar-refractivity contribution in [1.82, 2.24) is 14.5 Å². The molecule has 0 saturated carbocycles. The first-order valence-corrected chi connectivity index (χ1v) is 8.65. The zero-order valence-corrected chi connectivity index (χ0v) is 15.1. The number of rotatable bonds is 2. The Morgan fingerprint density at radius 1 is 1.12 bits per heavy atom. The lowest BCUT2D eigenvalue weighted by atomic mass is 10.1. The third-order valence-corrected chi connectivity index (χ3v) is 4.20. The van der Waals surface area contributed by atoms with Gasteiger partial charge in [0, 0.05) is 23.2 Å². The Morgan fingerprint density at radius 3 is 2.56 bits per heavy atom. The predicted molar refractivity (Wildman–Crippen MR) is 104 cm³/mol. The van der Waals surface area contributed by atoms with Crippen LogP contribution in [0.1, 0.15) is 30.5 Å². The number of hydrogen-bond donors (Lipinski definition) is 1. The predicted octanol–water partition coefficient (Wildman–Crippen LogP) is 4.57. The van der Waals surface area contributed by atoms with Crippen LogP contribution in [0, 0.1) is 13.8 Å². The van der Waals surface area contributed by atoms with Gasteiger partial charge in [-0.25, -0.2) is 4.98 Å². The lowest BCUT2D eigenvalue weighted by molar-refractivity contribution is 0.762. The minimum absolute atomic E-state index is 0.00916. The molecule has 0 amide bonds. The molecule has 0 atom stereocenters. The van der Waals surface area contributed by atoms with Crippen LogP contribution < -0.4 is 5.56 Å². The Kier molecular flexibility index (Phi) is 4.70. The van der Waals surface area contributed by atoms with Crippen LogP contribution in [0.25, 0.3) is 21.9 Å². The second-order valence-electron chi connectivity index (χ2n) is 6.01. The molecular formula is C21H23N3O. The van der Waals surface area contributed by atoms with E-state index < -0.39 is 0 Å². The van der Waals surface area contributed by atoms with Gasteiger partial charge in [0.25, 0.3) is 5.56 Å². The van der Waals surface area contributed by atoms with Gasteiger partial charge in [-0.2, -0.15) is 0 Å². The molecule has 1 aromatic carbocycles. The van der Waals surface area contributed by atoms with Crippen molar-refractivity contribution in [3.05, 3.63) is 75.8 Å². The molecule has 4 nitrogen and oxygen atoms in total. The molecule has 0 bridgehead atoms. The van der Waals surface area contributed by atoms with Crippen LogP contribution in [-0.2, 0) is 6.54 Å². The fraction of sp³-hybridized carbons (Fsp3) is 0.238. The summed E-state index contributed by atoms with van der Waals surface area (Å²) in [5, 5.41) is 1.99. The first kappa shape index (κ1) is 17.0. The monoisotopic (exact) mass is 333 g/mol. The summed E-state index contributed by atoms with van der Waals surface area (Å²) in [5.74, 6) is 0. The molecule has 3 heterocycles. The summed E-state index contributed by atoms with van der Waals surface area (Å²) in [6.07, 6.45) is 3.75. The number of benzene rings is 1.